The van der Waals surface area contributed by atoms with E-state index in [1.54, 1.807) is 0 Å². The molecule has 1 atom stereocenters. The second-order valence-corrected chi connectivity index (χ2v) is 9.00. The van der Waals surface area contributed by atoms with Gasteiger partial charge in [-0.1, -0.05) is 36.0 Å². The zero-order valence-electron chi connectivity index (χ0n) is 16.7. The van der Waals surface area contributed by atoms with Crippen LogP contribution in [0, 0.1) is 5.41 Å². The van der Waals surface area contributed by atoms with Gasteiger partial charge in [0.15, 0.2) is 0 Å². The maximum absolute atomic E-state index is 12.1. The Balaban J connectivity index is 1.64. The number of likely N-dealkylation sites (tertiary alicyclic amines) is 1. The molecule has 0 aliphatic carbocycles. The lowest BCUT2D eigenvalue weighted by atomic mass is 9.81. The van der Waals surface area contributed by atoms with Gasteiger partial charge in [0.05, 0.1) is 18.0 Å². The topological polar surface area (TPSA) is 32.8 Å². The Morgan fingerprint density at radius 3 is 2.32 bits per heavy atom. The van der Waals surface area contributed by atoms with Crippen molar-refractivity contribution in [3.63, 3.8) is 0 Å². The summed E-state index contributed by atoms with van der Waals surface area (Å²) in [4.78, 5) is 19.5. The highest BCUT2D eigenvalue weighted by Gasteiger charge is 2.40. The van der Waals surface area contributed by atoms with E-state index in [1.165, 1.54) is 21.2 Å². The second-order valence-electron chi connectivity index (χ2n) is 7.92. The first kappa shape index (κ1) is 19.3. The zero-order chi connectivity index (χ0) is 19.6. The summed E-state index contributed by atoms with van der Waals surface area (Å²) in [5.41, 5.74) is 2.64. The number of fused-ring (bicyclic) bond motifs is 2. The molecular weight excluding hydrogens is 368 g/mol. The van der Waals surface area contributed by atoms with Crippen molar-refractivity contribution < 1.29 is 9.53 Å². The molecule has 0 N–H and O–H groups in total. The summed E-state index contributed by atoms with van der Waals surface area (Å²) < 4.78 is 5.21. The Kier molecular flexibility index (Phi) is 5.65. The first-order valence-electron chi connectivity index (χ1n) is 10.1. The van der Waals surface area contributed by atoms with E-state index in [9.17, 15) is 4.79 Å². The van der Waals surface area contributed by atoms with Gasteiger partial charge in [-0.2, -0.15) is 0 Å². The number of hydrogen-bond donors (Lipinski definition) is 0. The Bertz CT molecular complexity index is 811. The summed E-state index contributed by atoms with van der Waals surface area (Å²) in [6, 6.07) is 17.3. The number of nitrogens with zero attached hydrogens (tertiary/aromatic N) is 2. The van der Waals surface area contributed by atoms with Crippen LogP contribution < -0.4 is 4.90 Å². The summed E-state index contributed by atoms with van der Waals surface area (Å²) in [6.07, 6.45) is 2.47. The minimum Gasteiger partial charge on any atom is -0.466 e. The van der Waals surface area contributed by atoms with Gasteiger partial charge < -0.3 is 14.5 Å². The van der Waals surface area contributed by atoms with E-state index in [-0.39, 0.29) is 11.4 Å². The van der Waals surface area contributed by atoms with Crippen molar-refractivity contribution in [3.8, 4) is 0 Å². The van der Waals surface area contributed by atoms with Crippen molar-refractivity contribution in [1.82, 2.24) is 4.90 Å². The molecular formula is C23H28N2O2S. The van der Waals surface area contributed by atoms with Crippen LogP contribution in [0.5, 0.6) is 0 Å². The van der Waals surface area contributed by atoms with Gasteiger partial charge in [-0.3, -0.25) is 4.79 Å². The molecule has 1 fully saturated rings. The monoisotopic (exact) mass is 396 g/mol. The molecule has 28 heavy (non-hydrogen) atoms. The van der Waals surface area contributed by atoms with Crippen molar-refractivity contribution in [1.29, 1.82) is 0 Å². The van der Waals surface area contributed by atoms with Crippen molar-refractivity contribution in [3.05, 3.63) is 48.5 Å². The van der Waals surface area contributed by atoms with Crippen molar-refractivity contribution in [2.45, 2.75) is 36.0 Å². The summed E-state index contributed by atoms with van der Waals surface area (Å²) in [7, 11) is 2.18. The molecule has 0 radical (unpaired) electrons. The van der Waals surface area contributed by atoms with Crippen LogP contribution in [0.4, 0.5) is 11.4 Å². The molecule has 2 heterocycles. The molecule has 2 aromatic rings. The highest BCUT2D eigenvalue weighted by Crippen LogP contribution is 2.50. The molecule has 2 aliphatic rings. The highest BCUT2D eigenvalue weighted by molar-refractivity contribution is 7.99. The number of hydrogen-bond acceptors (Lipinski definition) is 5. The van der Waals surface area contributed by atoms with Gasteiger partial charge in [-0.15, -0.1) is 0 Å². The number of rotatable bonds is 6. The van der Waals surface area contributed by atoms with E-state index in [4.69, 9.17) is 4.74 Å². The average Bonchev–Trinajstić information content (AvgIpc) is 3.07. The molecule has 2 aromatic carbocycles. The number of para-hydroxylation sites is 2. The van der Waals surface area contributed by atoms with E-state index in [0.29, 0.717) is 13.0 Å². The third-order valence-corrected chi connectivity index (χ3v) is 6.95. The Morgan fingerprint density at radius 1 is 1.11 bits per heavy atom. The zero-order valence-corrected chi connectivity index (χ0v) is 17.5. The van der Waals surface area contributed by atoms with Crippen LogP contribution in [0.3, 0.4) is 0 Å². The largest absolute Gasteiger partial charge is 0.466 e. The van der Waals surface area contributed by atoms with E-state index in [1.807, 2.05) is 18.7 Å². The first-order chi connectivity index (χ1) is 13.6. The molecule has 0 spiro atoms. The lowest BCUT2D eigenvalue weighted by Crippen LogP contribution is -2.39. The van der Waals surface area contributed by atoms with E-state index >= 15 is 0 Å². The number of ether oxygens (including phenoxy) is 1. The highest BCUT2D eigenvalue weighted by atomic mass is 32.2. The molecule has 0 amide bonds. The number of carbonyl (C=O) groups excluding carboxylic acids is 1. The maximum atomic E-state index is 12.1. The van der Waals surface area contributed by atoms with Crippen LogP contribution in [0.1, 0.15) is 26.2 Å². The van der Waals surface area contributed by atoms with Crippen LogP contribution in [0.15, 0.2) is 58.3 Å². The summed E-state index contributed by atoms with van der Waals surface area (Å²) >= 11 is 1.84. The van der Waals surface area contributed by atoms with Crippen molar-refractivity contribution in [2.24, 2.45) is 5.41 Å². The van der Waals surface area contributed by atoms with Gasteiger partial charge >= 0.3 is 5.97 Å². The van der Waals surface area contributed by atoms with Gasteiger partial charge in [0, 0.05) is 34.7 Å². The van der Waals surface area contributed by atoms with Crippen molar-refractivity contribution >= 4 is 29.1 Å². The molecule has 1 saturated heterocycles. The Labute approximate surface area is 171 Å². The van der Waals surface area contributed by atoms with Crippen LogP contribution in [-0.2, 0) is 9.53 Å². The number of esters is 1. The molecule has 5 heteroatoms. The quantitative estimate of drug-likeness (QED) is 0.645. The third kappa shape index (κ3) is 3.91. The molecule has 4 rings (SSSR count). The predicted octanol–water partition coefficient (Wildman–Crippen LogP) is 4.95. The van der Waals surface area contributed by atoms with Gasteiger partial charge in [0.1, 0.15) is 0 Å². The third-order valence-electron chi connectivity index (χ3n) is 5.82. The molecule has 0 aromatic heterocycles. The fraction of sp³-hybridized carbons (Fsp3) is 0.435. The van der Waals surface area contributed by atoms with Crippen LogP contribution in [0.25, 0.3) is 0 Å². The van der Waals surface area contributed by atoms with Gasteiger partial charge in [-0.25, -0.2) is 0 Å². The average molecular weight is 397 g/mol. The molecule has 0 saturated carbocycles. The van der Waals surface area contributed by atoms with Crippen molar-refractivity contribution in [2.75, 3.05) is 38.2 Å². The van der Waals surface area contributed by atoms with Gasteiger partial charge in [0.2, 0.25) is 0 Å². The smallest absolute Gasteiger partial charge is 0.305 e. The minimum atomic E-state index is -0.0774. The lowest BCUT2D eigenvalue weighted by Gasteiger charge is -2.40. The van der Waals surface area contributed by atoms with E-state index < -0.39 is 0 Å². The number of benzene rings is 2. The first-order valence-corrected chi connectivity index (χ1v) is 10.9. The molecule has 1 unspecified atom stereocenters. The maximum Gasteiger partial charge on any atom is 0.305 e. The summed E-state index contributed by atoms with van der Waals surface area (Å²) in [5, 5.41) is 0. The SMILES string of the molecule is CCOC(=O)CCC1(CN2c3ccccc3Sc3ccccc32)CCN(C)C1. The summed E-state index contributed by atoms with van der Waals surface area (Å²) in [5.74, 6) is -0.0774. The second kappa shape index (κ2) is 8.18. The van der Waals surface area contributed by atoms with E-state index in [2.05, 4.69) is 65.4 Å². The fourth-order valence-corrected chi connectivity index (χ4v) is 5.55. The number of carbonyl (C=O) groups is 1. The van der Waals surface area contributed by atoms with Gasteiger partial charge in [0.25, 0.3) is 0 Å². The van der Waals surface area contributed by atoms with Gasteiger partial charge in [-0.05, 0) is 57.6 Å². The van der Waals surface area contributed by atoms with Crippen LogP contribution in [-0.4, -0.2) is 44.2 Å². The number of anilines is 2. The standard InChI is InChI=1S/C23H28N2O2S/c1-3-27-22(26)12-13-23(14-15-24(2)16-23)17-25-18-8-4-6-10-20(18)28-21-11-7-5-9-19(21)25/h4-11H,3,12-17H2,1-2H3. The molecule has 4 nitrogen and oxygen atoms in total. The summed E-state index contributed by atoms with van der Waals surface area (Å²) in [6.45, 7) is 5.34. The predicted molar refractivity (Wildman–Crippen MR) is 114 cm³/mol. The van der Waals surface area contributed by atoms with Crippen LogP contribution >= 0.6 is 11.8 Å². The van der Waals surface area contributed by atoms with E-state index in [0.717, 1.165) is 32.5 Å². The normalized spacial score (nSPS) is 21.3. The Morgan fingerprint density at radius 2 is 1.75 bits per heavy atom. The molecule has 2 aliphatic heterocycles. The van der Waals surface area contributed by atoms with Crippen LogP contribution in [0.2, 0.25) is 0 Å². The lowest BCUT2D eigenvalue weighted by molar-refractivity contribution is -0.143. The minimum absolute atomic E-state index is 0.0774. The molecule has 0 bridgehead atoms. The Hall–Kier alpha value is -1.98. The fourth-order valence-electron chi connectivity index (χ4n) is 4.46. The molecule has 148 valence electrons.